The summed E-state index contributed by atoms with van der Waals surface area (Å²) in [6.07, 6.45) is 0. The predicted molar refractivity (Wildman–Crippen MR) is 83.5 cm³/mol. The van der Waals surface area contributed by atoms with Gasteiger partial charge < -0.3 is 10.2 Å². The van der Waals surface area contributed by atoms with E-state index < -0.39 is 0 Å². The summed E-state index contributed by atoms with van der Waals surface area (Å²) in [4.78, 5) is 0. The monoisotopic (exact) mass is 464 g/mol. The van der Waals surface area contributed by atoms with Crippen molar-refractivity contribution in [1.82, 2.24) is 0 Å². The van der Waals surface area contributed by atoms with E-state index in [0.717, 1.165) is 0 Å². The average Bonchev–Trinajstić information content (AvgIpc) is 2.38. The molecule has 0 fully saturated rings. The Morgan fingerprint density at radius 3 is 1.05 bits per heavy atom. The van der Waals surface area contributed by atoms with Crippen LogP contribution in [0.25, 0.3) is 0 Å². The molecule has 0 aliphatic carbocycles. The number of phenolic OH excluding ortho intramolecular Hbond substituents is 2. The molecule has 2 rings (SSSR count). The van der Waals surface area contributed by atoms with Crippen LogP contribution in [-0.2, 0) is 18.5 Å². The van der Waals surface area contributed by atoms with Crippen molar-refractivity contribution in [2.24, 2.45) is 0 Å². The SMILES string of the molecule is Cc1ccc(O)cc1.Cc1ccc(O)cc1.[Br][Zr][Br]. The van der Waals surface area contributed by atoms with Crippen molar-refractivity contribution in [2.45, 2.75) is 13.8 Å². The Hall–Kier alpha value is -0.117. The van der Waals surface area contributed by atoms with Crippen LogP contribution in [0.5, 0.6) is 11.5 Å². The minimum atomic E-state index is -0.145. The first-order valence-corrected chi connectivity index (χ1v) is 16.7. The molecule has 2 aromatic carbocycles. The molecule has 0 saturated carbocycles. The van der Waals surface area contributed by atoms with Crippen LogP contribution in [0.1, 0.15) is 11.1 Å². The zero-order valence-corrected chi connectivity index (χ0v) is 16.4. The van der Waals surface area contributed by atoms with Gasteiger partial charge >= 0.3 is 43.0 Å². The summed E-state index contributed by atoms with van der Waals surface area (Å²) in [6.45, 7) is 3.97. The van der Waals surface area contributed by atoms with Gasteiger partial charge in [0.1, 0.15) is 11.5 Å². The number of aromatic hydroxyl groups is 2. The second kappa shape index (κ2) is 11.7. The van der Waals surface area contributed by atoms with Crippen LogP contribution in [0.15, 0.2) is 48.5 Å². The first-order valence-electron chi connectivity index (χ1n) is 5.47. The van der Waals surface area contributed by atoms with Crippen LogP contribution in [0.3, 0.4) is 0 Å². The Morgan fingerprint density at radius 2 is 0.895 bits per heavy atom. The summed E-state index contributed by atoms with van der Waals surface area (Å²) in [7, 11) is 0. The molecule has 0 bridgehead atoms. The summed E-state index contributed by atoms with van der Waals surface area (Å²) in [5.74, 6) is 0.659. The molecule has 2 nitrogen and oxygen atoms in total. The van der Waals surface area contributed by atoms with Crippen molar-refractivity contribution in [3.8, 4) is 11.5 Å². The molecule has 0 spiro atoms. The topological polar surface area (TPSA) is 40.5 Å². The van der Waals surface area contributed by atoms with Gasteiger partial charge in [0.25, 0.3) is 0 Å². The van der Waals surface area contributed by atoms with Gasteiger partial charge in [-0.15, -0.1) is 0 Å². The third-order valence-corrected chi connectivity index (χ3v) is 2.07. The van der Waals surface area contributed by atoms with Gasteiger partial charge in [-0.25, -0.2) is 0 Å². The second-order valence-corrected chi connectivity index (χ2v) is 15.1. The zero-order valence-electron chi connectivity index (χ0n) is 10.8. The van der Waals surface area contributed by atoms with E-state index in [1.54, 1.807) is 24.3 Å². The normalized spacial score (nSPS) is 8.42. The molecule has 0 radical (unpaired) electrons. The molecular weight excluding hydrogens is 451 g/mol. The minimum absolute atomic E-state index is 0.145. The van der Waals surface area contributed by atoms with Gasteiger partial charge in [0.15, 0.2) is 0 Å². The Balaban J connectivity index is 0.000000284. The number of benzene rings is 2. The van der Waals surface area contributed by atoms with Crippen LogP contribution in [0.2, 0.25) is 0 Å². The third-order valence-electron chi connectivity index (χ3n) is 2.07. The van der Waals surface area contributed by atoms with E-state index in [2.05, 4.69) is 24.4 Å². The number of hydrogen-bond donors (Lipinski definition) is 2. The Bertz CT molecular complexity index is 359. The van der Waals surface area contributed by atoms with Crippen molar-refractivity contribution in [3.05, 3.63) is 59.7 Å². The van der Waals surface area contributed by atoms with Gasteiger partial charge in [-0.1, -0.05) is 35.4 Å². The van der Waals surface area contributed by atoms with Gasteiger partial charge in [0.05, 0.1) is 0 Å². The van der Waals surface area contributed by atoms with E-state index in [9.17, 15) is 0 Å². The van der Waals surface area contributed by atoms with E-state index in [0.29, 0.717) is 11.5 Å². The molecule has 0 aromatic heterocycles. The van der Waals surface area contributed by atoms with Crippen molar-refractivity contribution < 1.29 is 28.7 Å². The maximum atomic E-state index is 8.76. The molecule has 2 N–H and O–H groups in total. The molecular formula is C14H16Br2O2Zr. The van der Waals surface area contributed by atoms with E-state index in [-0.39, 0.29) is 18.5 Å². The van der Waals surface area contributed by atoms with Gasteiger partial charge in [-0.2, -0.15) is 0 Å². The quantitative estimate of drug-likeness (QED) is 0.567. The van der Waals surface area contributed by atoms with Crippen LogP contribution in [0, 0.1) is 13.8 Å². The van der Waals surface area contributed by atoms with Crippen LogP contribution in [-0.4, -0.2) is 10.2 Å². The molecule has 0 saturated heterocycles. The van der Waals surface area contributed by atoms with E-state index in [1.165, 1.54) is 11.1 Å². The number of phenols is 2. The van der Waals surface area contributed by atoms with E-state index in [4.69, 9.17) is 10.2 Å². The third kappa shape index (κ3) is 11.4. The Kier molecular flexibility index (Phi) is 11.6. The first-order chi connectivity index (χ1) is 8.99. The second-order valence-electron chi connectivity index (χ2n) is 3.74. The molecule has 0 unspecified atom stereocenters. The summed E-state index contributed by atoms with van der Waals surface area (Å²) < 4.78 is 0. The fourth-order valence-electron chi connectivity index (χ4n) is 1.09. The Labute approximate surface area is 137 Å². The summed E-state index contributed by atoms with van der Waals surface area (Å²) in [6, 6.07) is 14.2. The van der Waals surface area contributed by atoms with Crippen LogP contribution >= 0.6 is 24.4 Å². The fraction of sp³-hybridized carbons (Fsp3) is 0.143. The number of halogens is 2. The summed E-state index contributed by atoms with van der Waals surface area (Å²) in [5, 5.41) is 17.5. The van der Waals surface area contributed by atoms with Crippen molar-refractivity contribution in [1.29, 1.82) is 0 Å². The molecule has 0 atom stereocenters. The van der Waals surface area contributed by atoms with Crippen molar-refractivity contribution in [2.75, 3.05) is 0 Å². The molecule has 2 aromatic rings. The van der Waals surface area contributed by atoms with Gasteiger partial charge in [-0.05, 0) is 38.1 Å². The average molecular weight is 467 g/mol. The molecule has 0 aliphatic rings. The molecule has 0 aliphatic heterocycles. The molecule has 5 heteroatoms. The fourth-order valence-corrected chi connectivity index (χ4v) is 1.09. The Morgan fingerprint density at radius 1 is 0.684 bits per heavy atom. The van der Waals surface area contributed by atoms with Crippen LogP contribution < -0.4 is 0 Å². The standard InChI is InChI=1S/2C7H8O.2BrH.Zr/c2*1-6-2-4-7(8)5-3-6;;;/h2*2-5,8H,1H3;2*1H;/q;;;;+2/p-2. The number of aryl methyl sites for hydroxylation is 2. The van der Waals surface area contributed by atoms with E-state index in [1.807, 2.05) is 38.1 Å². The summed E-state index contributed by atoms with van der Waals surface area (Å²) >= 11 is 6.32. The van der Waals surface area contributed by atoms with Crippen LogP contribution in [0.4, 0.5) is 0 Å². The molecule has 0 amide bonds. The number of rotatable bonds is 0. The van der Waals surface area contributed by atoms with Crippen molar-refractivity contribution in [3.63, 3.8) is 0 Å². The van der Waals surface area contributed by atoms with Gasteiger partial charge in [-0.3, -0.25) is 0 Å². The summed E-state index contributed by atoms with van der Waals surface area (Å²) in [5.41, 5.74) is 2.34. The van der Waals surface area contributed by atoms with Crippen molar-refractivity contribution >= 4 is 24.4 Å². The van der Waals surface area contributed by atoms with E-state index >= 15 is 0 Å². The molecule has 102 valence electrons. The predicted octanol–water partition coefficient (Wildman–Crippen LogP) is 5.09. The molecule has 0 heterocycles. The zero-order chi connectivity index (χ0) is 14.7. The molecule has 19 heavy (non-hydrogen) atoms. The van der Waals surface area contributed by atoms with Gasteiger partial charge in [0, 0.05) is 0 Å². The first kappa shape index (κ1) is 18.9. The van der Waals surface area contributed by atoms with Gasteiger partial charge in [0.2, 0.25) is 0 Å². The number of hydrogen-bond acceptors (Lipinski definition) is 2. The maximum absolute atomic E-state index is 8.76.